The van der Waals surface area contributed by atoms with Gasteiger partial charge in [0.25, 0.3) is 10.4 Å². The Balaban J connectivity index is 2.19. The molecule has 0 heterocycles. The smallest absolute Gasteiger partial charge is 0.262 e. The van der Waals surface area contributed by atoms with Crippen LogP contribution in [-0.4, -0.2) is 13.0 Å². The van der Waals surface area contributed by atoms with Crippen LogP contribution in [0.5, 0.6) is 5.75 Å². The summed E-state index contributed by atoms with van der Waals surface area (Å²) in [6, 6.07) is 16.5. The van der Waals surface area contributed by atoms with Gasteiger partial charge in [0.2, 0.25) is 0 Å². The van der Waals surface area contributed by atoms with E-state index in [2.05, 4.69) is 4.18 Å². The molecule has 5 heteroatoms. The van der Waals surface area contributed by atoms with Crippen molar-refractivity contribution in [2.24, 2.45) is 0 Å². The molecule has 0 amide bonds. The van der Waals surface area contributed by atoms with Gasteiger partial charge in [0.05, 0.1) is 0 Å². The number of benzene rings is 3. The van der Waals surface area contributed by atoms with Gasteiger partial charge in [-0.3, -0.25) is 0 Å². The SMILES string of the molecule is O=S(=O)([O-])Oc1ccc2cc3ccccc3cc2c1. The molecule has 0 aliphatic carbocycles. The minimum absolute atomic E-state index is 0.0257. The molecule has 0 aliphatic rings. The van der Waals surface area contributed by atoms with E-state index in [4.69, 9.17) is 0 Å². The second-order valence-electron chi connectivity index (χ2n) is 4.20. The van der Waals surface area contributed by atoms with Gasteiger partial charge in [-0.05, 0) is 45.8 Å². The van der Waals surface area contributed by atoms with Gasteiger partial charge >= 0.3 is 0 Å². The zero-order valence-corrected chi connectivity index (χ0v) is 10.6. The summed E-state index contributed by atoms with van der Waals surface area (Å²) in [4.78, 5) is 0. The lowest BCUT2D eigenvalue weighted by Crippen LogP contribution is -2.06. The maximum absolute atomic E-state index is 10.6. The average Bonchev–Trinajstić information content (AvgIpc) is 2.34. The fraction of sp³-hybridized carbons (Fsp3) is 0. The fourth-order valence-corrected chi connectivity index (χ4v) is 2.43. The highest BCUT2D eigenvalue weighted by molar-refractivity contribution is 7.81. The van der Waals surface area contributed by atoms with Crippen molar-refractivity contribution in [3.63, 3.8) is 0 Å². The van der Waals surface area contributed by atoms with Gasteiger partial charge in [-0.2, -0.15) is 0 Å². The topological polar surface area (TPSA) is 66.4 Å². The second kappa shape index (κ2) is 4.22. The van der Waals surface area contributed by atoms with Crippen molar-refractivity contribution >= 4 is 31.9 Å². The average molecular weight is 273 g/mol. The van der Waals surface area contributed by atoms with Gasteiger partial charge < -0.3 is 8.74 Å². The fourth-order valence-electron chi connectivity index (χ4n) is 2.09. The molecule has 3 rings (SSSR count). The van der Waals surface area contributed by atoms with Crippen molar-refractivity contribution in [2.45, 2.75) is 0 Å². The molecule has 0 spiro atoms. The van der Waals surface area contributed by atoms with Crippen LogP contribution in [0.15, 0.2) is 54.6 Å². The Kier molecular flexibility index (Phi) is 2.66. The predicted octanol–water partition coefficient (Wildman–Crippen LogP) is 2.83. The molecule has 4 nitrogen and oxygen atoms in total. The molecule has 0 bridgehead atoms. The first-order chi connectivity index (χ1) is 9.01. The summed E-state index contributed by atoms with van der Waals surface area (Å²) in [6.45, 7) is 0. The third-order valence-electron chi connectivity index (χ3n) is 2.87. The quantitative estimate of drug-likeness (QED) is 0.409. The molecular formula is C14H9O4S-. The van der Waals surface area contributed by atoms with E-state index in [1.54, 1.807) is 6.07 Å². The molecule has 0 radical (unpaired) electrons. The summed E-state index contributed by atoms with van der Waals surface area (Å²) in [7, 11) is -4.74. The summed E-state index contributed by atoms with van der Waals surface area (Å²) in [6.07, 6.45) is 0. The first-order valence-electron chi connectivity index (χ1n) is 5.59. The lowest BCUT2D eigenvalue weighted by Gasteiger charge is -2.10. The molecule has 0 fully saturated rings. The van der Waals surface area contributed by atoms with E-state index in [1.165, 1.54) is 12.1 Å². The molecular weight excluding hydrogens is 264 g/mol. The summed E-state index contributed by atoms with van der Waals surface area (Å²) in [5.74, 6) is 0.0257. The molecule has 0 saturated carbocycles. The largest absolute Gasteiger partial charge is 0.716 e. The van der Waals surface area contributed by atoms with Gasteiger partial charge in [-0.1, -0.05) is 30.3 Å². The van der Waals surface area contributed by atoms with Gasteiger partial charge in [-0.25, -0.2) is 8.42 Å². The van der Waals surface area contributed by atoms with Gasteiger partial charge in [0, 0.05) is 0 Å². The van der Waals surface area contributed by atoms with E-state index < -0.39 is 10.4 Å². The Morgan fingerprint density at radius 2 is 1.37 bits per heavy atom. The van der Waals surface area contributed by atoms with E-state index >= 15 is 0 Å². The highest BCUT2D eigenvalue weighted by Gasteiger charge is 2.02. The Morgan fingerprint density at radius 3 is 2.00 bits per heavy atom. The minimum Gasteiger partial charge on any atom is -0.716 e. The van der Waals surface area contributed by atoms with Crippen LogP contribution in [0.25, 0.3) is 21.5 Å². The van der Waals surface area contributed by atoms with Crippen molar-refractivity contribution in [3.05, 3.63) is 54.6 Å². The monoisotopic (exact) mass is 273 g/mol. The maximum Gasteiger partial charge on any atom is 0.262 e. The van der Waals surface area contributed by atoms with Gasteiger partial charge in [-0.15, -0.1) is 0 Å². The summed E-state index contributed by atoms with van der Waals surface area (Å²) in [5, 5.41) is 3.91. The Labute approximate surface area is 110 Å². The standard InChI is InChI=1S/C14H10O4S/c15-19(16,17)18-14-6-5-12-7-10-3-1-2-4-11(10)8-13(12)9-14/h1-9H,(H,15,16,17)/p-1. The highest BCUT2D eigenvalue weighted by Crippen LogP contribution is 2.26. The van der Waals surface area contributed by atoms with Crippen LogP contribution in [0, 0.1) is 0 Å². The van der Waals surface area contributed by atoms with Crippen LogP contribution >= 0.6 is 0 Å². The normalized spacial score (nSPS) is 11.8. The number of hydrogen-bond acceptors (Lipinski definition) is 4. The number of hydrogen-bond donors (Lipinski definition) is 0. The molecule has 3 aromatic carbocycles. The predicted molar refractivity (Wildman–Crippen MR) is 71.8 cm³/mol. The zero-order valence-electron chi connectivity index (χ0n) is 9.74. The second-order valence-corrected chi connectivity index (χ2v) is 5.18. The summed E-state index contributed by atoms with van der Waals surface area (Å²) >= 11 is 0. The van der Waals surface area contributed by atoms with Crippen molar-refractivity contribution in [2.75, 3.05) is 0 Å². The van der Waals surface area contributed by atoms with E-state index in [9.17, 15) is 13.0 Å². The van der Waals surface area contributed by atoms with Crippen LogP contribution in [0.2, 0.25) is 0 Å². The molecule has 0 unspecified atom stereocenters. The van der Waals surface area contributed by atoms with Crippen molar-refractivity contribution in [1.29, 1.82) is 0 Å². The molecule has 0 aliphatic heterocycles. The van der Waals surface area contributed by atoms with Crippen molar-refractivity contribution in [1.82, 2.24) is 0 Å². The third-order valence-corrected chi connectivity index (χ3v) is 3.27. The molecule has 19 heavy (non-hydrogen) atoms. The van der Waals surface area contributed by atoms with E-state index in [0.717, 1.165) is 21.5 Å². The molecule has 0 aromatic heterocycles. The van der Waals surface area contributed by atoms with Crippen molar-refractivity contribution in [3.8, 4) is 5.75 Å². The van der Waals surface area contributed by atoms with E-state index in [-0.39, 0.29) is 5.75 Å². The Bertz CT molecular complexity index is 869. The number of fused-ring (bicyclic) bond motifs is 2. The van der Waals surface area contributed by atoms with Crippen LogP contribution in [0.4, 0.5) is 0 Å². The Hall–Kier alpha value is -2.11. The zero-order chi connectivity index (χ0) is 13.5. The van der Waals surface area contributed by atoms with Crippen LogP contribution < -0.4 is 4.18 Å². The van der Waals surface area contributed by atoms with E-state index in [0.29, 0.717) is 0 Å². The van der Waals surface area contributed by atoms with Crippen molar-refractivity contribution < 1.29 is 17.2 Å². The first kappa shape index (κ1) is 12.0. The molecule has 0 N–H and O–H groups in total. The molecule has 0 atom stereocenters. The lowest BCUT2D eigenvalue weighted by molar-refractivity contribution is 0.372. The minimum atomic E-state index is -4.74. The van der Waals surface area contributed by atoms with Gasteiger partial charge in [0.1, 0.15) is 5.75 Å². The van der Waals surface area contributed by atoms with E-state index in [1.807, 2.05) is 36.4 Å². The third kappa shape index (κ3) is 2.52. The van der Waals surface area contributed by atoms with Crippen LogP contribution in [0.1, 0.15) is 0 Å². The molecule has 96 valence electrons. The first-order valence-corrected chi connectivity index (χ1v) is 6.92. The molecule has 0 saturated heterocycles. The number of rotatable bonds is 2. The van der Waals surface area contributed by atoms with Gasteiger partial charge in [0.15, 0.2) is 0 Å². The Morgan fingerprint density at radius 1 is 0.789 bits per heavy atom. The lowest BCUT2D eigenvalue weighted by atomic mass is 10.0. The summed E-state index contributed by atoms with van der Waals surface area (Å²) < 4.78 is 36.1. The van der Waals surface area contributed by atoms with Crippen LogP contribution in [-0.2, 0) is 10.4 Å². The molecule has 3 aromatic rings. The summed E-state index contributed by atoms with van der Waals surface area (Å²) in [5.41, 5.74) is 0. The maximum atomic E-state index is 10.6. The van der Waals surface area contributed by atoms with Crippen LogP contribution in [0.3, 0.4) is 0 Å². The highest BCUT2D eigenvalue weighted by atomic mass is 32.3.